The third-order valence-corrected chi connectivity index (χ3v) is 8.42. The Kier molecular flexibility index (Phi) is 20.1. The van der Waals surface area contributed by atoms with Crippen LogP contribution in [0.1, 0.15) is 22.3 Å². The van der Waals surface area contributed by atoms with E-state index >= 15 is 0 Å². The molecule has 308 valence electrons. The number of hydrogen-bond donors (Lipinski definition) is 2. The lowest BCUT2D eigenvalue weighted by Gasteiger charge is -2.36. The van der Waals surface area contributed by atoms with E-state index in [0.29, 0.717) is 65.4 Å². The van der Waals surface area contributed by atoms with E-state index in [4.69, 9.17) is 23.2 Å². The first-order chi connectivity index (χ1) is 27.4. The molecule has 2 N–H and O–H groups in total. The summed E-state index contributed by atoms with van der Waals surface area (Å²) in [5, 5.41) is 6.15. The van der Waals surface area contributed by atoms with Gasteiger partial charge in [-0.05, 0) is 48.2 Å². The Morgan fingerprint density at radius 2 is 1.16 bits per heavy atom. The molecule has 2 amide bonds. The number of carbonyl (C=O) groups is 1. The van der Waals surface area contributed by atoms with Gasteiger partial charge in [0.05, 0.1) is 23.0 Å². The predicted octanol–water partition coefficient (Wildman–Crippen LogP) is 7.67. The molecule has 4 aromatic rings. The average molecular weight is 842 g/mol. The van der Waals surface area contributed by atoms with Gasteiger partial charge < -0.3 is 25.3 Å². The minimum absolute atomic E-state index is 0.0384. The highest BCUT2D eigenvalue weighted by Crippen LogP contribution is 2.36. The number of nitrogens with zero attached hydrogens (tertiary/aromatic N) is 6. The topological polar surface area (TPSA) is 106 Å². The van der Waals surface area contributed by atoms with Crippen molar-refractivity contribution >= 4 is 46.9 Å². The van der Waals surface area contributed by atoms with Gasteiger partial charge in [-0.25, -0.2) is 24.5 Å². The normalized spacial score (nSPS) is 14.0. The van der Waals surface area contributed by atoms with Crippen LogP contribution in [0.4, 0.5) is 42.8 Å². The number of halogens is 8. The zero-order valence-electron chi connectivity index (χ0n) is 31.0. The lowest BCUT2D eigenvalue weighted by atomic mass is 10.1. The number of urea groups is 1. The SMILES string of the molecule is ClCCl.FC(F)(F)c1cccnc1N1CCNCC1.O=C(NCCc1ccccc1)N1CCN(c2ncccc2C(F)(F)F)CC1.O=C=NCCc1ccccc1. The van der Waals surface area contributed by atoms with Crippen LogP contribution in [0.15, 0.2) is 102 Å². The fourth-order valence-electron chi connectivity index (χ4n) is 5.68. The summed E-state index contributed by atoms with van der Waals surface area (Å²) in [7, 11) is 0. The lowest BCUT2D eigenvalue weighted by molar-refractivity contribution is -0.138. The molecule has 10 nitrogen and oxygen atoms in total. The van der Waals surface area contributed by atoms with Gasteiger partial charge >= 0.3 is 18.4 Å². The van der Waals surface area contributed by atoms with Crippen molar-refractivity contribution in [3.63, 3.8) is 0 Å². The van der Waals surface area contributed by atoms with Gasteiger partial charge in [0.15, 0.2) is 0 Å². The van der Waals surface area contributed by atoms with E-state index in [2.05, 4.69) is 25.6 Å². The second-order valence-corrected chi connectivity index (χ2v) is 13.0. The van der Waals surface area contributed by atoms with E-state index < -0.39 is 23.5 Å². The maximum absolute atomic E-state index is 13.1. The minimum atomic E-state index is -4.45. The van der Waals surface area contributed by atoms with Gasteiger partial charge in [0.2, 0.25) is 6.08 Å². The van der Waals surface area contributed by atoms with Gasteiger partial charge in [0.25, 0.3) is 0 Å². The van der Waals surface area contributed by atoms with E-state index in [0.717, 1.165) is 30.5 Å². The van der Waals surface area contributed by atoms with Crippen LogP contribution in [-0.2, 0) is 30.0 Å². The van der Waals surface area contributed by atoms with Crippen molar-refractivity contribution in [2.24, 2.45) is 4.99 Å². The number of nitrogens with one attached hydrogen (secondary N) is 2. The fraction of sp³-hybridized carbons (Fsp3) is 0.385. The quantitative estimate of drug-likeness (QED) is 0.0813. The van der Waals surface area contributed by atoms with Crippen molar-refractivity contribution in [1.82, 2.24) is 25.5 Å². The number of aliphatic imine (C=N–C) groups is 1. The van der Waals surface area contributed by atoms with Gasteiger partial charge in [-0.1, -0.05) is 60.7 Å². The highest BCUT2D eigenvalue weighted by Gasteiger charge is 2.37. The zero-order valence-corrected chi connectivity index (χ0v) is 32.5. The number of isocyanates is 1. The van der Waals surface area contributed by atoms with E-state index in [9.17, 15) is 35.9 Å². The largest absolute Gasteiger partial charge is 0.419 e. The molecule has 2 saturated heterocycles. The van der Waals surface area contributed by atoms with Gasteiger partial charge in [-0.3, -0.25) is 0 Å². The summed E-state index contributed by atoms with van der Waals surface area (Å²) >= 11 is 9.53. The van der Waals surface area contributed by atoms with Crippen LogP contribution < -0.4 is 20.4 Å². The molecule has 2 aromatic heterocycles. The summed E-state index contributed by atoms with van der Waals surface area (Å²) in [5.41, 5.74) is 0.937. The monoisotopic (exact) mass is 840 g/mol. The second-order valence-electron chi connectivity index (χ2n) is 12.2. The summed E-state index contributed by atoms with van der Waals surface area (Å²) in [6.45, 7) is 4.87. The minimum Gasteiger partial charge on any atom is -0.354 e. The number of piperazine rings is 2. The number of rotatable bonds is 8. The molecule has 2 aromatic carbocycles. The first-order valence-electron chi connectivity index (χ1n) is 17.9. The summed E-state index contributed by atoms with van der Waals surface area (Å²) < 4.78 is 77.6. The first kappa shape index (κ1) is 46.5. The number of carbonyl (C=O) groups excluding carboxylic acids is 2. The third kappa shape index (κ3) is 16.6. The molecular weight excluding hydrogens is 797 g/mol. The number of alkyl halides is 8. The van der Waals surface area contributed by atoms with Crippen LogP contribution in [0.5, 0.6) is 0 Å². The first-order valence-corrected chi connectivity index (χ1v) is 19.0. The Balaban J connectivity index is 0.000000244. The number of aromatic nitrogens is 2. The van der Waals surface area contributed by atoms with E-state index in [1.54, 1.807) is 14.7 Å². The van der Waals surface area contributed by atoms with Gasteiger partial charge in [-0.2, -0.15) is 26.3 Å². The average Bonchev–Trinajstić information content (AvgIpc) is 3.22. The van der Waals surface area contributed by atoms with E-state index in [1.165, 1.54) is 36.2 Å². The van der Waals surface area contributed by atoms with Crippen LogP contribution in [0.2, 0.25) is 0 Å². The predicted molar refractivity (Wildman–Crippen MR) is 211 cm³/mol. The molecule has 0 aliphatic carbocycles. The molecule has 0 saturated carbocycles. The maximum Gasteiger partial charge on any atom is 0.419 e. The van der Waals surface area contributed by atoms with Gasteiger partial charge in [0, 0.05) is 71.3 Å². The van der Waals surface area contributed by atoms with Crippen LogP contribution in [0.3, 0.4) is 0 Å². The second kappa shape index (κ2) is 24.7. The number of pyridine rings is 2. The Hall–Kier alpha value is -4.89. The number of anilines is 2. The molecule has 2 aliphatic rings. The summed E-state index contributed by atoms with van der Waals surface area (Å²) in [6, 6.07) is 24.3. The van der Waals surface area contributed by atoms with E-state index in [-0.39, 0.29) is 23.0 Å². The molecule has 0 radical (unpaired) electrons. The highest BCUT2D eigenvalue weighted by molar-refractivity contribution is 6.40. The Morgan fingerprint density at radius 3 is 1.61 bits per heavy atom. The number of hydrogen-bond acceptors (Lipinski definition) is 8. The Bertz CT molecular complexity index is 1790. The standard InChI is InChI=1S/C19H21F3N4O.C10H12F3N3.C9H9NO.CH2Cl2/c20-19(21,22)16-7-4-9-23-17(16)25-11-13-26(14-12-25)18(27)24-10-8-15-5-2-1-3-6-15;11-10(12,13)8-2-1-3-15-9(8)16-6-4-14-5-7-16;11-8-10-7-6-9-4-2-1-3-5-9;2-1-3/h1-7,9H,8,10-14H2,(H,24,27);1-3,14H,4-7H2;1-5H,6-7H2;1H2. The molecule has 0 bridgehead atoms. The van der Waals surface area contributed by atoms with Crippen molar-refractivity contribution < 1.29 is 35.9 Å². The number of benzene rings is 2. The van der Waals surface area contributed by atoms with Crippen LogP contribution >= 0.6 is 23.2 Å². The van der Waals surface area contributed by atoms with Crippen molar-refractivity contribution in [2.45, 2.75) is 25.2 Å². The summed E-state index contributed by atoms with van der Waals surface area (Å²) in [4.78, 5) is 38.0. The Labute approximate surface area is 337 Å². The van der Waals surface area contributed by atoms with Crippen molar-refractivity contribution in [3.8, 4) is 0 Å². The molecule has 6 rings (SSSR count). The third-order valence-electron chi connectivity index (χ3n) is 8.42. The molecular formula is C39H44Cl2F6N8O2. The molecule has 2 aliphatic heterocycles. The van der Waals surface area contributed by atoms with Crippen molar-refractivity contribution in [2.75, 3.05) is 80.6 Å². The zero-order chi connectivity index (χ0) is 41.5. The van der Waals surface area contributed by atoms with Gasteiger partial charge in [-0.15, -0.1) is 23.2 Å². The fourth-order valence-corrected chi connectivity index (χ4v) is 5.68. The summed E-state index contributed by atoms with van der Waals surface area (Å²) in [6.07, 6.45) is -2.98. The van der Waals surface area contributed by atoms with Crippen molar-refractivity contribution in [1.29, 1.82) is 0 Å². The van der Waals surface area contributed by atoms with E-state index in [1.807, 2.05) is 60.7 Å². The number of amides is 2. The molecule has 0 spiro atoms. The van der Waals surface area contributed by atoms with Crippen molar-refractivity contribution in [3.05, 3.63) is 120 Å². The molecule has 4 heterocycles. The van der Waals surface area contributed by atoms with Crippen LogP contribution in [0, 0.1) is 0 Å². The molecule has 0 unspecified atom stereocenters. The smallest absolute Gasteiger partial charge is 0.354 e. The molecule has 18 heteroatoms. The molecule has 0 atom stereocenters. The van der Waals surface area contributed by atoms with Crippen LogP contribution in [0.25, 0.3) is 0 Å². The Morgan fingerprint density at radius 1 is 0.702 bits per heavy atom. The molecule has 57 heavy (non-hydrogen) atoms. The molecule has 2 fully saturated rings. The van der Waals surface area contributed by atoms with Crippen LogP contribution in [-0.4, -0.2) is 97.8 Å². The lowest BCUT2D eigenvalue weighted by Crippen LogP contribution is -2.52. The maximum atomic E-state index is 13.1. The van der Waals surface area contributed by atoms with Gasteiger partial charge in [0.1, 0.15) is 11.6 Å². The highest BCUT2D eigenvalue weighted by atomic mass is 35.5. The summed E-state index contributed by atoms with van der Waals surface area (Å²) in [5.74, 6) is -0.0364.